The Hall–Kier alpha value is -7.88. The van der Waals surface area contributed by atoms with Crippen LogP contribution in [0.1, 0.15) is 0 Å². The molecular formula is C56H35NO2. The van der Waals surface area contributed by atoms with Crippen molar-refractivity contribution >= 4 is 82.5 Å². The van der Waals surface area contributed by atoms with E-state index in [2.05, 4.69) is 205 Å². The Labute approximate surface area is 340 Å². The predicted molar refractivity (Wildman–Crippen MR) is 247 cm³/mol. The first-order valence-electron chi connectivity index (χ1n) is 20.1. The number of benzene rings is 10. The summed E-state index contributed by atoms with van der Waals surface area (Å²) in [6, 6.07) is 75.6. The van der Waals surface area contributed by atoms with Crippen LogP contribution in [-0.4, -0.2) is 0 Å². The minimum Gasteiger partial charge on any atom is -0.455 e. The zero-order valence-electron chi connectivity index (χ0n) is 32.0. The summed E-state index contributed by atoms with van der Waals surface area (Å²) in [7, 11) is 0. The lowest BCUT2D eigenvalue weighted by Crippen LogP contribution is -2.11. The third-order valence-corrected chi connectivity index (χ3v) is 11.9. The van der Waals surface area contributed by atoms with E-state index in [4.69, 9.17) is 8.83 Å². The quantitative estimate of drug-likeness (QED) is 0.158. The van der Waals surface area contributed by atoms with E-state index >= 15 is 0 Å². The number of furan rings is 2. The normalized spacial score (nSPS) is 11.7. The monoisotopic (exact) mass is 753 g/mol. The van der Waals surface area contributed by atoms with E-state index in [1.54, 1.807) is 0 Å². The molecule has 59 heavy (non-hydrogen) atoms. The fourth-order valence-electron chi connectivity index (χ4n) is 9.10. The largest absolute Gasteiger partial charge is 0.455 e. The lowest BCUT2D eigenvalue weighted by atomic mass is 9.95. The maximum Gasteiger partial charge on any atom is 0.143 e. The Morgan fingerprint density at radius 3 is 1.49 bits per heavy atom. The highest BCUT2D eigenvalue weighted by Crippen LogP contribution is 2.48. The number of rotatable bonds is 6. The molecule has 0 spiro atoms. The highest BCUT2D eigenvalue weighted by atomic mass is 16.3. The van der Waals surface area contributed by atoms with Crippen LogP contribution >= 0.6 is 0 Å². The number of hydrogen-bond acceptors (Lipinski definition) is 3. The molecule has 0 saturated carbocycles. The minimum absolute atomic E-state index is 0.859. The van der Waals surface area contributed by atoms with Crippen LogP contribution in [0.25, 0.3) is 98.8 Å². The van der Waals surface area contributed by atoms with Crippen LogP contribution in [-0.2, 0) is 0 Å². The molecule has 12 aromatic rings. The van der Waals surface area contributed by atoms with Gasteiger partial charge in [-0.15, -0.1) is 0 Å². The number of fused-ring (bicyclic) bond motifs is 11. The second-order valence-corrected chi connectivity index (χ2v) is 15.2. The number of anilines is 3. The molecular weight excluding hydrogens is 719 g/mol. The van der Waals surface area contributed by atoms with Gasteiger partial charge in [0.1, 0.15) is 22.3 Å². The van der Waals surface area contributed by atoms with Crippen molar-refractivity contribution < 1.29 is 8.83 Å². The summed E-state index contributed by atoms with van der Waals surface area (Å²) in [5.41, 5.74) is 13.4. The van der Waals surface area contributed by atoms with Gasteiger partial charge in [0.2, 0.25) is 0 Å². The van der Waals surface area contributed by atoms with Gasteiger partial charge in [0.25, 0.3) is 0 Å². The third kappa shape index (κ3) is 5.36. The van der Waals surface area contributed by atoms with Gasteiger partial charge in [0.05, 0.1) is 5.69 Å². The van der Waals surface area contributed by atoms with Gasteiger partial charge >= 0.3 is 0 Å². The maximum atomic E-state index is 6.94. The van der Waals surface area contributed by atoms with Crippen LogP contribution in [0.4, 0.5) is 17.1 Å². The first kappa shape index (κ1) is 33.3. The molecule has 0 aliphatic heterocycles. The highest BCUT2D eigenvalue weighted by Gasteiger charge is 2.23. The topological polar surface area (TPSA) is 29.5 Å². The van der Waals surface area contributed by atoms with Crippen molar-refractivity contribution in [1.29, 1.82) is 0 Å². The summed E-state index contributed by atoms with van der Waals surface area (Å²) < 4.78 is 13.4. The lowest BCUT2D eigenvalue weighted by Gasteiger charge is -2.28. The first-order chi connectivity index (χ1) is 29.3. The maximum absolute atomic E-state index is 6.94. The molecule has 2 heterocycles. The number of para-hydroxylation sites is 2. The van der Waals surface area contributed by atoms with Crippen LogP contribution in [0.15, 0.2) is 221 Å². The molecule has 0 unspecified atom stereocenters. The molecule has 12 rings (SSSR count). The van der Waals surface area contributed by atoms with Gasteiger partial charge in [-0.1, -0.05) is 170 Å². The summed E-state index contributed by atoms with van der Waals surface area (Å²) in [6.07, 6.45) is 0. The van der Waals surface area contributed by atoms with Crippen molar-refractivity contribution in [3.8, 4) is 33.4 Å². The van der Waals surface area contributed by atoms with E-state index in [9.17, 15) is 0 Å². The molecule has 0 atom stereocenters. The van der Waals surface area contributed by atoms with Gasteiger partial charge in [-0.3, -0.25) is 0 Å². The Kier molecular flexibility index (Phi) is 7.54. The van der Waals surface area contributed by atoms with Crippen LogP contribution in [0.3, 0.4) is 0 Å². The molecule has 0 amide bonds. The molecule has 3 heteroatoms. The first-order valence-corrected chi connectivity index (χ1v) is 20.1. The number of nitrogens with zero attached hydrogens (tertiary/aromatic N) is 1. The molecule has 0 bridgehead atoms. The third-order valence-electron chi connectivity index (χ3n) is 11.9. The van der Waals surface area contributed by atoms with Gasteiger partial charge in [-0.2, -0.15) is 0 Å². The fourth-order valence-corrected chi connectivity index (χ4v) is 9.10. The van der Waals surface area contributed by atoms with Gasteiger partial charge in [0.15, 0.2) is 0 Å². The number of hydrogen-bond donors (Lipinski definition) is 0. The van der Waals surface area contributed by atoms with Gasteiger partial charge < -0.3 is 13.7 Å². The van der Waals surface area contributed by atoms with Crippen LogP contribution in [0.5, 0.6) is 0 Å². The molecule has 0 fully saturated rings. The van der Waals surface area contributed by atoms with Crippen molar-refractivity contribution in [2.75, 3.05) is 4.90 Å². The summed E-state index contributed by atoms with van der Waals surface area (Å²) >= 11 is 0. The summed E-state index contributed by atoms with van der Waals surface area (Å²) in [5, 5.41) is 9.16. The van der Waals surface area contributed by atoms with Gasteiger partial charge in [-0.05, 0) is 80.9 Å². The Morgan fingerprint density at radius 2 is 0.780 bits per heavy atom. The molecule has 10 aromatic carbocycles. The van der Waals surface area contributed by atoms with Crippen LogP contribution in [0, 0.1) is 0 Å². The molecule has 276 valence electrons. The van der Waals surface area contributed by atoms with E-state index < -0.39 is 0 Å². The molecule has 0 N–H and O–H groups in total. The second-order valence-electron chi connectivity index (χ2n) is 15.2. The molecule has 0 aliphatic carbocycles. The molecule has 0 radical (unpaired) electrons. The Bertz CT molecular complexity index is 3530. The fraction of sp³-hybridized carbons (Fsp3) is 0. The minimum atomic E-state index is 0.859. The second kappa shape index (κ2) is 13.4. The van der Waals surface area contributed by atoms with E-state index in [0.29, 0.717) is 0 Å². The van der Waals surface area contributed by atoms with Crippen molar-refractivity contribution in [2.45, 2.75) is 0 Å². The van der Waals surface area contributed by atoms with E-state index in [-0.39, 0.29) is 0 Å². The summed E-state index contributed by atoms with van der Waals surface area (Å²) in [4.78, 5) is 2.39. The van der Waals surface area contributed by atoms with Crippen molar-refractivity contribution in [1.82, 2.24) is 0 Å². The molecule has 3 nitrogen and oxygen atoms in total. The lowest BCUT2D eigenvalue weighted by molar-refractivity contribution is 0.670. The van der Waals surface area contributed by atoms with Gasteiger partial charge in [-0.25, -0.2) is 0 Å². The van der Waals surface area contributed by atoms with Gasteiger partial charge in [0, 0.05) is 49.4 Å². The Balaban J connectivity index is 1.11. The zero-order valence-corrected chi connectivity index (χ0v) is 32.0. The van der Waals surface area contributed by atoms with E-state index in [1.165, 1.54) is 27.3 Å². The predicted octanol–water partition coefficient (Wildman–Crippen LogP) is 16.3. The summed E-state index contributed by atoms with van der Waals surface area (Å²) in [6.45, 7) is 0. The summed E-state index contributed by atoms with van der Waals surface area (Å²) in [5.74, 6) is 0. The molecule has 0 aliphatic rings. The SMILES string of the molecule is c1ccc(-c2ccc(N(c3ccc(-c4cccc5c4oc4ccccc45)cc3)c3cc4c(cc3-c3ccccc3)oc3c5ccccc5c5ccccc5c43)cc2)cc1. The van der Waals surface area contributed by atoms with Crippen LogP contribution < -0.4 is 4.90 Å². The van der Waals surface area contributed by atoms with Crippen molar-refractivity contribution in [2.24, 2.45) is 0 Å². The average Bonchev–Trinajstić information content (AvgIpc) is 3.89. The van der Waals surface area contributed by atoms with E-state index in [0.717, 1.165) is 88.6 Å². The van der Waals surface area contributed by atoms with Crippen molar-refractivity contribution in [3.63, 3.8) is 0 Å². The highest BCUT2D eigenvalue weighted by molar-refractivity contribution is 6.30. The standard InChI is InChI=1S/C56H35NO2/c1-3-14-36(15-4-1)37-26-30-40(31-27-37)57(41-32-28-39(29-33-41)42-23-13-24-48-45-20-11-12-25-52(45)58-55(42)48)51-34-50-53(35-49(51)38-16-5-2-6-17-38)59-56-47-22-10-8-19-44(47)43-18-7-9-21-46(43)54(50)56/h1-35H. The van der Waals surface area contributed by atoms with E-state index in [1.807, 2.05) is 12.1 Å². The molecule has 2 aromatic heterocycles. The molecule has 0 saturated heterocycles. The van der Waals surface area contributed by atoms with Crippen molar-refractivity contribution in [3.05, 3.63) is 212 Å². The smallest absolute Gasteiger partial charge is 0.143 e. The average molecular weight is 754 g/mol. The van der Waals surface area contributed by atoms with Crippen LogP contribution in [0.2, 0.25) is 0 Å². The zero-order chi connectivity index (χ0) is 38.9. The Morgan fingerprint density at radius 1 is 0.288 bits per heavy atom.